The van der Waals surface area contributed by atoms with E-state index in [-0.39, 0.29) is 6.54 Å². The van der Waals surface area contributed by atoms with Crippen LogP contribution in [0, 0.1) is 0 Å². The van der Waals surface area contributed by atoms with Crippen LogP contribution in [0.4, 0.5) is 13.2 Å². The molecule has 0 heterocycles. The lowest BCUT2D eigenvalue weighted by Crippen LogP contribution is -2.47. The van der Waals surface area contributed by atoms with E-state index in [1.807, 2.05) is 0 Å². The molecule has 0 bridgehead atoms. The van der Waals surface area contributed by atoms with Gasteiger partial charge in [-0.1, -0.05) is 11.6 Å². The van der Waals surface area contributed by atoms with Gasteiger partial charge in [-0.2, -0.15) is 13.2 Å². The summed E-state index contributed by atoms with van der Waals surface area (Å²) >= 11 is 5.64. The summed E-state index contributed by atoms with van der Waals surface area (Å²) < 4.78 is 36.5. The van der Waals surface area contributed by atoms with Crippen molar-refractivity contribution in [3.05, 3.63) is 34.3 Å². The van der Waals surface area contributed by atoms with Gasteiger partial charge >= 0.3 is 6.18 Å². The molecule has 0 fully saturated rings. The van der Waals surface area contributed by atoms with E-state index in [9.17, 15) is 13.2 Å². The average molecular weight is 211 g/mol. The molecule has 0 aliphatic rings. The third kappa shape index (κ3) is 2.35. The molecule has 72 valence electrons. The quantitative estimate of drug-likeness (QED) is 0.735. The number of hydrogen-bond acceptors (Lipinski definition) is 0. The number of alkyl halides is 3. The highest BCUT2D eigenvalue weighted by Crippen LogP contribution is 2.31. The molecule has 0 saturated carbocycles. The van der Waals surface area contributed by atoms with Crippen LogP contribution in [0.15, 0.2) is 18.2 Å². The molecular formula is C8H8ClF3N+. The van der Waals surface area contributed by atoms with Gasteiger partial charge in [-0.15, -0.1) is 0 Å². The summed E-state index contributed by atoms with van der Waals surface area (Å²) in [4.78, 5) is 0. The molecule has 13 heavy (non-hydrogen) atoms. The van der Waals surface area contributed by atoms with Gasteiger partial charge in [0.2, 0.25) is 0 Å². The standard InChI is InChI=1S/C8H7ClF3N/c9-7-2-1-6(8(10,11)12)3-5(7)4-13/h1-3H,4,13H2/p+1. The number of hydrogen-bond donors (Lipinski definition) is 1. The smallest absolute Gasteiger partial charge is 0.354 e. The predicted octanol–water partition coefficient (Wildman–Crippen LogP) is 2.10. The van der Waals surface area contributed by atoms with Gasteiger partial charge in [-0.3, -0.25) is 0 Å². The van der Waals surface area contributed by atoms with Crippen LogP contribution in [0.1, 0.15) is 11.1 Å². The minimum Gasteiger partial charge on any atom is -0.354 e. The van der Waals surface area contributed by atoms with Crippen LogP contribution in [0.3, 0.4) is 0 Å². The lowest BCUT2D eigenvalue weighted by molar-refractivity contribution is -0.386. The fourth-order valence-corrected chi connectivity index (χ4v) is 1.15. The summed E-state index contributed by atoms with van der Waals surface area (Å²) in [6.45, 7) is 0.253. The molecule has 1 rings (SSSR count). The van der Waals surface area contributed by atoms with Gasteiger partial charge in [0, 0.05) is 10.6 Å². The molecule has 1 aromatic carbocycles. The van der Waals surface area contributed by atoms with E-state index in [1.165, 1.54) is 6.07 Å². The van der Waals surface area contributed by atoms with E-state index >= 15 is 0 Å². The Morgan fingerprint density at radius 3 is 2.38 bits per heavy atom. The van der Waals surface area contributed by atoms with Gasteiger partial charge in [-0.25, -0.2) is 0 Å². The lowest BCUT2D eigenvalue weighted by atomic mass is 10.1. The second-order valence-corrected chi connectivity index (χ2v) is 2.96. The minimum atomic E-state index is -4.31. The Morgan fingerprint density at radius 1 is 1.31 bits per heavy atom. The number of benzene rings is 1. The second kappa shape index (κ2) is 3.55. The lowest BCUT2D eigenvalue weighted by Gasteiger charge is -2.07. The maximum Gasteiger partial charge on any atom is 0.416 e. The Labute approximate surface area is 78.3 Å². The van der Waals surface area contributed by atoms with Gasteiger partial charge in [0.25, 0.3) is 0 Å². The molecule has 0 aromatic heterocycles. The third-order valence-corrected chi connectivity index (χ3v) is 2.01. The zero-order valence-corrected chi connectivity index (χ0v) is 7.41. The molecule has 5 heteroatoms. The first-order valence-corrected chi connectivity index (χ1v) is 3.98. The number of rotatable bonds is 1. The maximum atomic E-state index is 12.2. The SMILES string of the molecule is [NH3+]Cc1cc(C(F)(F)F)ccc1Cl. The van der Waals surface area contributed by atoms with Crippen molar-refractivity contribution in [1.82, 2.24) is 0 Å². The van der Waals surface area contributed by atoms with Crippen molar-refractivity contribution in [1.29, 1.82) is 0 Å². The van der Waals surface area contributed by atoms with Crippen LogP contribution in [0.5, 0.6) is 0 Å². The van der Waals surface area contributed by atoms with Crippen LogP contribution in [-0.4, -0.2) is 0 Å². The Morgan fingerprint density at radius 2 is 1.92 bits per heavy atom. The summed E-state index contributed by atoms with van der Waals surface area (Å²) in [7, 11) is 0. The zero-order chi connectivity index (χ0) is 10.1. The maximum absolute atomic E-state index is 12.2. The highest BCUT2D eigenvalue weighted by Gasteiger charge is 2.30. The zero-order valence-electron chi connectivity index (χ0n) is 6.66. The average Bonchev–Trinajstić information content (AvgIpc) is 2.03. The summed E-state index contributed by atoms with van der Waals surface area (Å²) in [6.07, 6.45) is -4.31. The molecule has 0 radical (unpaired) electrons. The van der Waals surface area contributed by atoms with Crippen LogP contribution < -0.4 is 5.73 Å². The fraction of sp³-hybridized carbons (Fsp3) is 0.250. The molecule has 0 amide bonds. The van der Waals surface area contributed by atoms with E-state index in [1.54, 1.807) is 0 Å². The van der Waals surface area contributed by atoms with E-state index in [0.717, 1.165) is 12.1 Å². The highest BCUT2D eigenvalue weighted by molar-refractivity contribution is 6.31. The molecule has 0 spiro atoms. The van der Waals surface area contributed by atoms with E-state index < -0.39 is 11.7 Å². The van der Waals surface area contributed by atoms with Crippen molar-refractivity contribution in [2.75, 3.05) is 0 Å². The van der Waals surface area contributed by atoms with Crippen molar-refractivity contribution in [2.45, 2.75) is 12.7 Å². The molecular weight excluding hydrogens is 203 g/mol. The van der Waals surface area contributed by atoms with Crippen molar-refractivity contribution in [2.24, 2.45) is 0 Å². The molecule has 1 aromatic rings. The number of quaternary nitrogens is 1. The van der Waals surface area contributed by atoms with Gasteiger partial charge in [0.1, 0.15) is 6.54 Å². The molecule has 0 saturated heterocycles. The Balaban J connectivity index is 3.14. The molecule has 0 aliphatic carbocycles. The number of halogens is 4. The molecule has 1 nitrogen and oxygen atoms in total. The van der Waals surface area contributed by atoms with E-state index in [0.29, 0.717) is 10.6 Å². The Kier molecular flexibility index (Phi) is 2.83. The van der Waals surface area contributed by atoms with E-state index in [4.69, 9.17) is 11.6 Å². The molecule has 3 N–H and O–H groups in total. The van der Waals surface area contributed by atoms with Crippen LogP contribution in [0.2, 0.25) is 5.02 Å². The Hall–Kier alpha value is -0.740. The molecule has 0 unspecified atom stereocenters. The summed E-state index contributed by atoms with van der Waals surface area (Å²) in [5, 5.41) is 0.322. The van der Waals surface area contributed by atoms with Crippen molar-refractivity contribution in [3.63, 3.8) is 0 Å². The monoisotopic (exact) mass is 210 g/mol. The van der Waals surface area contributed by atoms with Crippen molar-refractivity contribution in [3.8, 4) is 0 Å². The van der Waals surface area contributed by atoms with Gasteiger partial charge in [0.15, 0.2) is 0 Å². The molecule has 0 atom stereocenters. The minimum absolute atomic E-state index is 0.253. The largest absolute Gasteiger partial charge is 0.416 e. The Bertz CT molecular complexity index is 309. The van der Waals surface area contributed by atoms with Gasteiger partial charge in [0.05, 0.1) is 5.56 Å². The first-order chi connectivity index (χ1) is 5.95. The third-order valence-electron chi connectivity index (χ3n) is 1.64. The van der Waals surface area contributed by atoms with Crippen LogP contribution in [-0.2, 0) is 12.7 Å². The highest BCUT2D eigenvalue weighted by atomic mass is 35.5. The summed E-state index contributed by atoms with van der Waals surface area (Å²) in [6, 6.07) is 3.22. The fourth-order valence-electron chi connectivity index (χ4n) is 0.943. The van der Waals surface area contributed by atoms with Gasteiger partial charge in [-0.05, 0) is 18.2 Å². The predicted molar refractivity (Wildman–Crippen MR) is 43.0 cm³/mol. The van der Waals surface area contributed by atoms with Crippen molar-refractivity contribution >= 4 is 11.6 Å². The first-order valence-electron chi connectivity index (χ1n) is 3.60. The normalized spacial score (nSPS) is 11.8. The summed E-state index contributed by atoms with van der Waals surface area (Å²) in [5.41, 5.74) is 3.22. The first kappa shape index (κ1) is 10.3. The van der Waals surface area contributed by atoms with Crippen LogP contribution >= 0.6 is 11.6 Å². The topological polar surface area (TPSA) is 27.6 Å². The van der Waals surface area contributed by atoms with Gasteiger partial charge < -0.3 is 5.73 Å². The van der Waals surface area contributed by atoms with E-state index in [2.05, 4.69) is 5.73 Å². The van der Waals surface area contributed by atoms with Crippen molar-refractivity contribution < 1.29 is 18.9 Å². The molecule has 0 aliphatic heterocycles. The second-order valence-electron chi connectivity index (χ2n) is 2.55. The summed E-state index contributed by atoms with van der Waals surface area (Å²) in [5.74, 6) is 0. The van der Waals surface area contributed by atoms with Crippen LogP contribution in [0.25, 0.3) is 0 Å².